The number of methoxy groups -OCH3 is 1. The van der Waals surface area contributed by atoms with E-state index in [1.165, 1.54) is 18.9 Å². The van der Waals surface area contributed by atoms with Crippen LogP contribution in [0.1, 0.15) is 60.9 Å². The molecule has 178 valence electrons. The Kier molecular flexibility index (Phi) is 7.46. The Morgan fingerprint density at radius 3 is 2.59 bits per heavy atom. The van der Waals surface area contributed by atoms with Crippen LogP contribution in [0.5, 0.6) is 11.5 Å². The summed E-state index contributed by atoms with van der Waals surface area (Å²) in [5.41, 5.74) is 1.42. The number of ether oxygens (including phenoxy) is 2. The Balaban J connectivity index is 1.38. The quantitative estimate of drug-likeness (QED) is 0.396. The number of rotatable bonds is 9. The van der Waals surface area contributed by atoms with Gasteiger partial charge in [0.25, 0.3) is 0 Å². The van der Waals surface area contributed by atoms with Gasteiger partial charge < -0.3 is 14.8 Å². The number of ketones is 1. The van der Waals surface area contributed by atoms with Crippen LogP contribution in [0.4, 0.5) is 5.69 Å². The lowest BCUT2D eigenvalue weighted by Crippen LogP contribution is -2.42. The van der Waals surface area contributed by atoms with Crippen molar-refractivity contribution in [3.8, 4) is 11.5 Å². The van der Waals surface area contributed by atoms with Crippen molar-refractivity contribution in [1.82, 2.24) is 0 Å². The van der Waals surface area contributed by atoms with Crippen molar-refractivity contribution in [2.75, 3.05) is 19.0 Å². The molecular weight excluding hydrogens is 430 g/mol. The molecule has 2 fully saturated rings. The second-order valence-electron chi connectivity index (χ2n) is 9.28. The predicted molar refractivity (Wildman–Crippen MR) is 131 cm³/mol. The molecule has 4 rings (SSSR count). The van der Waals surface area contributed by atoms with Crippen LogP contribution < -0.4 is 14.8 Å². The summed E-state index contributed by atoms with van der Waals surface area (Å²) in [6.45, 7) is 0.0524. The van der Waals surface area contributed by atoms with E-state index in [2.05, 4.69) is 5.32 Å². The minimum atomic E-state index is -0.350. The fourth-order valence-electron chi connectivity index (χ4n) is 5.34. The first-order chi connectivity index (χ1) is 16.5. The van der Waals surface area contributed by atoms with Crippen LogP contribution in [0.25, 0.3) is 6.08 Å². The summed E-state index contributed by atoms with van der Waals surface area (Å²) >= 11 is 0. The number of amides is 1. The number of anilines is 1. The molecular formula is C28H31NO5. The maximum absolute atomic E-state index is 13.1. The molecule has 2 bridgehead atoms. The second kappa shape index (κ2) is 10.7. The smallest absolute Gasteiger partial charge is 0.248 e. The van der Waals surface area contributed by atoms with Gasteiger partial charge in [-0.15, -0.1) is 0 Å². The lowest BCUT2D eigenvalue weighted by molar-refractivity contribution is -0.136. The Morgan fingerprint density at radius 2 is 1.85 bits per heavy atom. The van der Waals surface area contributed by atoms with Crippen LogP contribution in [0, 0.1) is 11.3 Å². The van der Waals surface area contributed by atoms with Crippen molar-refractivity contribution in [2.45, 2.75) is 44.9 Å². The van der Waals surface area contributed by atoms with Crippen LogP contribution in [-0.4, -0.2) is 31.7 Å². The number of nitrogens with one attached hydrogen (secondary N) is 1. The Bertz CT molecular complexity index is 1080. The number of Topliss-reactive ketones (excluding diaryl/α,β-unsaturated/α-hetero) is 1. The van der Waals surface area contributed by atoms with E-state index >= 15 is 0 Å². The van der Waals surface area contributed by atoms with E-state index in [1.54, 1.807) is 55.7 Å². The fourth-order valence-corrected chi connectivity index (χ4v) is 5.34. The highest BCUT2D eigenvalue weighted by molar-refractivity contribution is 6.04. The third-order valence-corrected chi connectivity index (χ3v) is 7.13. The van der Waals surface area contributed by atoms with Crippen LogP contribution in [0.3, 0.4) is 0 Å². The highest BCUT2D eigenvalue weighted by Crippen LogP contribution is 2.49. The molecule has 2 aliphatic rings. The fraction of sp³-hybridized carbons (Fsp3) is 0.393. The first-order valence-electron chi connectivity index (χ1n) is 11.9. The number of benzene rings is 2. The summed E-state index contributed by atoms with van der Waals surface area (Å²) in [6.07, 6.45) is 11.5. The molecule has 6 nitrogen and oxygen atoms in total. The molecule has 2 aliphatic carbocycles. The number of carbonyl (C=O) groups excluding carboxylic acids is 3. The molecule has 1 N–H and O–H groups in total. The molecule has 0 radical (unpaired) electrons. The van der Waals surface area contributed by atoms with Gasteiger partial charge in [-0.05, 0) is 61.1 Å². The molecule has 0 heterocycles. The van der Waals surface area contributed by atoms with Crippen molar-refractivity contribution in [2.24, 2.45) is 11.3 Å². The zero-order valence-electron chi connectivity index (χ0n) is 19.5. The number of fused-ring (bicyclic) bond motifs is 2. The third-order valence-electron chi connectivity index (χ3n) is 7.13. The number of carbonyl (C=O) groups is 3. The molecule has 2 saturated carbocycles. The van der Waals surface area contributed by atoms with E-state index in [9.17, 15) is 14.4 Å². The standard InChI is InChI=1S/C28H31NO5/c1-33-25-16-20(11-13-27(32)29-23-9-3-2-8-22(23)18-30)10-12-24(25)34-19-26(31)28-14-4-6-21(17-28)7-5-15-28/h2-3,8-13,16,18,21H,4-7,14-15,17,19H2,1H3,(H,29,32)/b13-11+. The number of para-hydroxylation sites is 1. The molecule has 0 saturated heterocycles. The van der Waals surface area contributed by atoms with Gasteiger partial charge in [0.1, 0.15) is 6.61 Å². The van der Waals surface area contributed by atoms with Gasteiger partial charge in [0.2, 0.25) is 5.91 Å². The van der Waals surface area contributed by atoms with Gasteiger partial charge in [-0.2, -0.15) is 0 Å². The van der Waals surface area contributed by atoms with Gasteiger partial charge in [0.05, 0.1) is 12.8 Å². The first kappa shape index (κ1) is 23.7. The van der Waals surface area contributed by atoms with E-state index in [-0.39, 0.29) is 23.7 Å². The van der Waals surface area contributed by atoms with Gasteiger partial charge >= 0.3 is 0 Å². The molecule has 0 aliphatic heterocycles. The summed E-state index contributed by atoms with van der Waals surface area (Å²) in [6, 6.07) is 12.1. The lowest BCUT2D eigenvalue weighted by Gasteiger charge is -2.44. The molecule has 0 aromatic heterocycles. The van der Waals surface area contributed by atoms with E-state index in [4.69, 9.17) is 9.47 Å². The summed E-state index contributed by atoms with van der Waals surface area (Å²) < 4.78 is 11.4. The minimum Gasteiger partial charge on any atom is -0.493 e. The van der Waals surface area contributed by atoms with Gasteiger partial charge in [-0.3, -0.25) is 14.4 Å². The molecule has 34 heavy (non-hydrogen) atoms. The average molecular weight is 462 g/mol. The van der Waals surface area contributed by atoms with Crippen LogP contribution >= 0.6 is 0 Å². The number of hydrogen-bond acceptors (Lipinski definition) is 5. The predicted octanol–water partition coefficient (Wildman–Crippen LogP) is 5.47. The maximum atomic E-state index is 13.1. The summed E-state index contributed by atoms with van der Waals surface area (Å²) in [7, 11) is 1.55. The monoisotopic (exact) mass is 461 g/mol. The molecule has 0 atom stereocenters. The van der Waals surface area contributed by atoms with Gasteiger partial charge in [-0.25, -0.2) is 0 Å². The second-order valence-corrected chi connectivity index (χ2v) is 9.28. The number of hydrogen-bond donors (Lipinski definition) is 1. The normalized spacial score (nSPS) is 21.6. The Labute approximate surface area is 200 Å². The summed E-state index contributed by atoms with van der Waals surface area (Å²) in [5.74, 6) is 1.56. The van der Waals surface area contributed by atoms with E-state index in [0.29, 0.717) is 35.0 Å². The Morgan fingerprint density at radius 1 is 1.09 bits per heavy atom. The molecule has 0 spiro atoms. The third kappa shape index (κ3) is 5.38. The molecule has 2 aromatic rings. The topological polar surface area (TPSA) is 81.7 Å². The van der Waals surface area contributed by atoms with Crippen molar-refractivity contribution in [3.63, 3.8) is 0 Å². The molecule has 6 heteroatoms. The largest absolute Gasteiger partial charge is 0.493 e. The van der Waals surface area contributed by atoms with Crippen LogP contribution in [0.15, 0.2) is 48.5 Å². The zero-order chi connectivity index (χ0) is 24.0. The highest BCUT2D eigenvalue weighted by Gasteiger charge is 2.44. The van der Waals surface area contributed by atoms with Gasteiger partial charge in [0, 0.05) is 17.1 Å². The molecule has 2 aromatic carbocycles. The first-order valence-corrected chi connectivity index (χ1v) is 11.9. The average Bonchev–Trinajstić information content (AvgIpc) is 2.86. The van der Waals surface area contributed by atoms with E-state index in [0.717, 1.165) is 37.7 Å². The van der Waals surface area contributed by atoms with Crippen molar-refractivity contribution >= 4 is 29.7 Å². The van der Waals surface area contributed by atoms with Crippen LogP contribution in [-0.2, 0) is 9.59 Å². The lowest BCUT2D eigenvalue weighted by atomic mass is 9.60. The Hall–Kier alpha value is -3.41. The number of aldehydes is 1. The zero-order valence-corrected chi connectivity index (χ0v) is 19.5. The molecule has 0 unspecified atom stereocenters. The summed E-state index contributed by atoms with van der Waals surface area (Å²) in [5, 5.41) is 2.70. The van der Waals surface area contributed by atoms with Crippen LogP contribution in [0.2, 0.25) is 0 Å². The van der Waals surface area contributed by atoms with E-state index in [1.807, 2.05) is 0 Å². The summed E-state index contributed by atoms with van der Waals surface area (Å²) in [4.78, 5) is 36.5. The van der Waals surface area contributed by atoms with Crippen molar-refractivity contribution < 1.29 is 23.9 Å². The van der Waals surface area contributed by atoms with Crippen molar-refractivity contribution in [3.05, 3.63) is 59.7 Å². The van der Waals surface area contributed by atoms with Crippen molar-refractivity contribution in [1.29, 1.82) is 0 Å². The highest BCUT2D eigenvalue weighted by atomic mass is 16.5. The maximum Gasteiger partial charge on any atom is 0.248 e. The van der Waals surface area contributed by atoms with E-state index < -0.39 is 0 Å². The SMILES string of the molecule is COc1cc(/C=C/C(=O)Nc2ccccc2C=O)ccc1OCC(=O)C12CCCC(CCC1)C2. The van der Waals surface area contributed by atoms with Gasteiger partial charge in [-0.1, -0.05) is 43.9 Å². The minimum absolute atomic E-state index is 0.0524. The molecule has 1 amide bonds. The van der Waals surface area contributed by atoms with Gasteiger partial charge in [0.15, 0.2) is 23.6 Å².